The molecule has 0 amide bonds. The average molecular weight is 381 g/mol. The van der Waals surface area contributed by atoms with Gasteiger partial charge in [0.2, 0.25) is 5.13 Å². The summed E-state index contributed by atoms with van der Waals surface area (Å²) < 4.78 is 0.784. The van der Waals surface area contributed by atoms with Gasteiger partial charge in [-0.25, -0.2) is 4.98 Å². The lowest BCUT2D eigenvalue weighted by Crippen LogP contribution is -1.91. The number of hydrazone groups is 1. The molecule has 1 heterocycles. The molecule has 0 radical (unpaired) electrons. The van der Waals surface area contributed by atoms with Gasteiger partial charge in [-0.05, 0) is 17.7 Å². The number of benzene rings is 2. The van der Waals surface area contributed by atoms with Crippen molar-refractivity contribution in [1.82, 2.24) is 4.98 Å². The number of non-ortho nitro benzene ring substituents is 1. The number of hydrogen-bond donors (Lipinski definition) is 1. The third-order valence-electron chi connectivity index (χ3n) is 3.26. The van der Waals surface area contributed by atoms with Crippen molar-refractivity contribution in [1.29, 1.82) is 5.26 Å². The van der Waals surface area contributed by atoms with Gasteiger partial charge in [-0.3, -0.25) is 15.5 Å². The van der Waals surface area contributed by atoms with E-state index in [-0.39, 0.29) is 5.69 Å². The van der Waals surface area contributed by atoms with Crippen molar-refractivity contribution in [3.63, 3.8) is 0 Å². The molecular formula is C17H11N5O2S2. The predicted octanol–water partition coefficient (Wildman–Crippen LogP) is 4.74. The molecule has 0 aliphatic rings. The van der Waals surface area contributed by atoms with Gasteiger partial charge in [0.05, 0.1) is 16.8 Å². The van der Waals surface area contributed by atoms with Crippen LogP contribution < -0.4 is 5.43 Å². The lowest BCUT2D eigenvalue weighted by Gasteiger charge is -1.97. The van der Waals surface area contributed by atoms with E-state index < -0.39 is 4.92 Å². The predicted molar refractivity (Wildman–Crippen MR) is 103 cm³/mol. The Balaban J connectivity index is 1.76. The molecule has 0 bridgehead atoms. The molecule has 0 aliphatic heterocycles. The first-order valence-electron chi connectivity index (χ1n) is 7.33. The van der Waals surface area contributed by atoms with Crippen LogP contribution in [0.4, 0.5) is 10.8 Å². The van der Waals surface area contributed by atoms with E-state index in [1.807, 2.05) is 30.3 Å². The van der Waals surface area contributed by atoms with E-state index in [0.717, 1.165) is 32.8 Å². The highest BCUT2D eigenvalue weighted by Crippen LogP contribution is 2.37. The molecule has 1 N–H and O–H groups in total. The summed E-state index contributed by atoms with van der Waals surface area (Å²) in [5.41, 5.74) is 5.24. The number of nitro benzene ring substituents is 1. The largest absolute Gasteiger partial charge is 0.269 e. The second-order valence-electron chi connectivity index (χ2n) is 4.93. The van der Waals surface area contributed by atoms with E-state index in [0.29, 0.717) is 5.13 Å². The van der Waals surface area contributed by atoms with Crippen LogP contribution in [0, 0.1) is 20.8 Å². The number of nitro groups is 1. The number of nitrogens with zero attached hydrogens (tertiary/aromatic N) is 4. The molecule has 7 nitrogen and oxygen atoms in total. The number of rotatable bonds is 6. The Bertz CT molecular complexity index is 979. The van der Waals surface area contributed by atoms with Gasteiger partial charge in [0.1, 0.15) is 9.61 Å². The van der Waals surface area contributed by atoms with Crippen LogP contribution >= 0.6 is 23.1 Å². The quantitative estimate of drug-likeness (QED) is 0.217. The molecular weight excluding hydrogens is 370 g/mol. The number of anilines is 1. The lowest BCUT2D eigenvalue weighted by molar-refractivity contribution is -0.384. The minimum Gasteiger partial charge on any atom is -0.258 e. The maximum atomic E-state index is 10.6. The number of aromatic nitrogens is 1. The molecule has 3 aromatic rings. The summed E-state index contributed by atoms with van der Waals surface area (Å²) in [6, 6.07) is 15.7. The lowest BCUT2D eigenvalue weighted by atomic mass is 10.2. The zero-order valence-corrected chi connectivity index (χ0v) is 14.8. The topological polar surface area (TPSA) is 104 Å². The van der Waals surface area contributed by atoms with Crippen LogP contribution in [-0.4, -0.2) is 16.1 Å². The van der Waals surface area contributed by atoms with Crippen LogP contribution in [0.25, 0.3) is 11.3 Å². The van der Waals surface area contributed by atoms with E-state index in [1.54, 1.807) is 18.3 Å². The molecule has 3 rings (SSSR count). The van der Waals surface area contributed by atoms with Gasteiger partial charge >= 0.3 is 0 Å². The number of thioether (sulfide) groups is 1. The minimum atomic E-state index is -0.450. The highest BCUT2D eigenvalue weighted by molar-refractivity contribution is 8.05. The molecule has 0 spiro atoms. The van der Waals surface area contributed by atoms with Crippen molar-refractivity contribution in [2.75, 3.05) is 5.43 Å². The first-order chi connectivity index (χ1) is 12.7. The number of thiocyanates is 1. The molecule has 0 unspecified atom stereocenters. The summed E-state index contributed by atoms with van der Waals surface area (Å²) in [5, 5.41) is 26.4. The highest BCUT2D eigenvalue weighted by Gasteiger charge is 2.13. The van der Waals surface area contributed by atoms with Gasteiger partial charge < -0.3 is 0 Å². The van der Waals surface area contributed by atoms with E-state index in [4.69, 9.17) is 5.26 Å². The van der Waals surface area contributed by atoms with Gasteiger partial charge in [0, 0.05) is 29.5 Å². The smallest absolute Gasteiger partial charge is 0.258 e. The molecule has 0 atom stereocenters. The number of nitrogens with one attached hydrogen (secondary N) is 1. The van der Waals surface area contributed by atoms with Crippen molar-refractivity contribution >= 4 is 40.1 Å². The van der Waals surface area contributed by atoms with E-state index in [9.17, 15) is 10.1 Å². The summed E-state index contributed by atoms with van der Waals surface area (Å²) in [4.78, 5) is 14.7. The van der Waals surface area contributed by atoms with E-state index in [1.165, 1.54) is 23.5 Å². The molecule has 0 saturated heterocycles. The Labute approximate surface area is 157 Å². The third kappa shape index (κ3) is 4.24. The maximum absolute atomic E-state index is 10.6. The fourth-order valence-electron chi connectivity index (χ4n) is 2.09. The molecule has 9 heteroatoms. The van der Waals surface area contributed by atoms with Crippen molar-refractivity contribution in [2.45, 2.75) is 4.21 Å². The zero-order valence-electron chi connectivity index (χ0n) is 13.2. The SMILES string of the molecule is N#CSc1sc(N/N=C/c2ccc([N+](=O)[O-])cc2)nc1-c1ccccc1. The maximum Gasteiger partial charge on any atom is 0.269 e. The Kier molecular flexibility index (Phi) is 5.58. The van der Waals surface area contributed by atoms with Gasteiger partial charge in [-0.2, -0.15) is 10.4 Å². The summed E-state index contributed by atoms with van der Waals surface area (Å²) in [6.07, 6.45) is 1.55. The van der Waals surface area contributed by atoms with Gasteiger partial charge in [-0.15, -0.1) is 0 Å². The standard InChI is InChI=1S/C17H11N5O2S2/c18-11-25-16-15(13-4-2-1-3-5-13)20-17(26-16)21-19-10-12-6-8-14(9-7-12)22(23)24/h1-10H,(H,20,21)/b19-10+. The van der Waals surface area contributed by atoms with Crippen LogP contribution in [0.15, 0.2) is 63.9 Å². The first kappa shape index (κ1) is 17.6. The Morgan fingerprint density at radius 3 is 2.62 bits per heavy atom. The van der Waals surface area contributed by atoms with Crippen LogP contribution in [0.3, 0.4) is 0 Å². The second kappa shape index (κ2) is 8.24. The third-order valence-corrected chi connectivity index (χ3v) is 4.98. The van der Waals surface area contributed by atoms with Crippen molar-refractivity contribution in [3.8, 4) is 16.7 Å². The normalized spacial score (nSPS) is 10.6. The van der Waals surface area contributed by atoms with Crippen molar-refractivity contribution in [2.24, 2.45) is 5.10 Å². The van der Waals surface area contributed by atoms with Crippen LogP contribution in [-0.2, 0) is 0 Å². The Morgan fingerprint density at radius 2 is 1.96 bits per heavy atom. The monoisotopic (exact) mass is 381 g/mol. The number of hydrogen-bond acceptors (Lipinski definition) is 8. The summed E-state index contributed by atoms with van der Waals surface area (Å²) >= 11 is 2.39. The molecule has 1 aromatic heterocycles. The molecule has 0 fully saturated rings. The van der Waals surface area contributed by atoms with Crippen molar-refractivity contribution in [3.05, 3.63) is 70.3 Å². The van der Waals surface area contributed by atoms with Crippen molar-refractivity contribution < 1.29 is 4.92 Å². The molecule has 0 saturated carbocycles. The number of thiazole rings is 1. The molecule has 0 aliphatic carbocycles. The molecule has 26 heavy (non-hydrogen) atoms. The zero-order chi connectivity index (χ0) is 18.4. The molecule has 2 aromatic carbocycles. The van der Waals surface area contributed by atoms with E-state index >= 15 is 0 Å². The van der Waals surface area contributed by atoms with Gasteiger partial charge in [-0.1, -0.05) is 41.7 Å². The van der Waals surface area contributed by atoms with Crippen LogP contribution in [0.5, 0.6) is 0 Å². The summed E-state index contributed by atoms with van der Waals surface area (Å²) in [6.45, 7) is 0. The fraction of sp³-hybridized carbons (Fsp3) is 0. The summed E-state index contributed by atoms with van der Waals surface area (Å²) in [7, 11) is 0. The Morgan fingerprint density at radius 1 is 1.23 bits per heavy atom. The average Bonchev–Trinajstić information content (AvgIpc) is 3.06. The van der Waals surface area contributed by atoms with Crippen LogP contribution in [0.1, 0.15) is 5.56 Å². The van der Waals surface area contributed by atoms with Gasteiger partial charge in [0.25, 0.3) is 5.69 Å². The van der Waals surface area contributed by atoms with E-state index in [2.05, 4.69) is 20.9 Å². The first-order valence-corrected chi connectivity index (χ1v) is 8.96. The Hall–Kier alpha value is -3.22. The molecule has 128 valence electrons. The summed E-state index contributed by atoms with van der Waals surface area (Å²) in [5.74, 6) is 0. The highest BCUT2D eigenvalue weighted by atomic mass is 32.2. The fourth-order valence-corrected chi connectivity index (χ4v) is 3.62. The van der Waals surface area contributed by atoms with Gasteiger partial charge in [0.15, 0.2) is 0 Å². The van der Waals surface area contributed by atoms with Crippen LogP contribution in [0.2, 0.25) is 0 Å². The number of nitriles is 1. The second-order valence-corrected chi connectivity index (χ2v) is 6.99. The minimum absolute atomic E-state index is 0.0284.